The number of thiophene rings is 1. The minimum absolute atomic E-state index is 0.882. The molecule has 3 aromatic heterocycles. The van der Waals surface area contributed by atoms with Crippen LogP contribution in [0, 0.1) is 0 Å². The van der Waals surface area contributed by atoms with Gasteiger partial charge in [0.25, 0.3) is 0 Å². The maximum atomic E-state index is 6.75. The molecule has 0 spiro atoms. The summed E-state index contributed by atoms with van der Waals surface area (Å²) in [5, 5.41) is 12.2. The van der Waals surface area contributed by atoms with E-state index in [0.717, 1.165) is 55.7 Å². The summed E-state index contributed by atoms with van der Waals surface area (Å²) >= 11 is 1.86. The minimum atomic E-state index is 0.882. The Hall–Kier alpha value is -7.66. The van der Waals surface area contributed by atoms with Crippen LogP contribution in [0.5, 0.6) is 0 Å². The summed E-state index contributed by atoms with van der Waals surface area (Å²) in [6.07, 6.45) is 0. The number of hydrogen-bond donors (Lipinski definition) is 0. The lowest BCUT2D eigenvalue weighted by Crippen LogP contribution is -2.10. The van der Waals surface area contributed by atoms with Crippen molar-refractivity contribution in [2.45, 2.75) is 0 Å². The summed E-state index contributed by atoms with van der Waals surface area (Å²) in [4.78, 5) is 2.39. The van der Waals surface area contributed by atoms with Gasteiger partial charge in [0, 0.05) is 75.8 Å². The van der Waals surface area contributed by atoms with Crippen LogP contribution in [0.2, 0.25) is 0 Å². The number of benzene rings is 10. The van der Waals surface area contributed by atoms with Crippen LogP contribution in [-0.2, 0) is 0 Å². The molecule has 13 rings (SSSR count). The lowest BCUT2D eigenvalue weighted by atomic mass is 9.93. The van der Waals surface area contributed by atoms with E-state index in [1.54, 1.807) is 0 Å². The molecule has 0 saturated carbocycles. The van der Waals surface area contributed by atoms with Crippen LogP contribution in [0.3, 0.4) is 0 Å². The Morgan fingerprint density at radius 1 is 0.400 bits per heavy atom. The summed E-state index contributed by atoms with van der Waals surface area (Å²) in [6, 6.07) is 74.9. The van der Waals surface area contributed by atoms with Crippen LogP contribution < -0.4 is 4.90 Å². The van der Waals surface area contributed by atoms with Crippen LogP contribution >= 0.6 is 11.3 Å². The maximum absolute atomic E-state index is 6.75. The molecule has 13 aromatic rings. The lowest BCUT2D eigenvalue weighted by Gasteiger charge is -2.27. The standard InChI is InChI=1S/C56H34N2OS/c1-2-15-37(16-3-1)57(48-33-35-14-4-5-17-40(35)41-18-6-7-19-42(41)48)38-27-29-39(30-28-38)58-47-23-11-8-21-44(47)55-49(58)34-51-56(45-22-9-12-24-50(45)59-51)54(55)36-26-31-53-46(32-36)43-20-10-13-25-52(43)60-53/h1-34H. The third-order valence-electron chi connectivity index (χ3n) is 12.3. The molecular formula is C56H34N2OS. The van der Waals surface area contributed by atoms with E-state index >= 15 is 0 Å². The summed E-state index contributed by atoms with van der Waals surface area (Å²) in [5.41, 5.74) is 10.9. The van der Waals surface area contributed by atoms with Gasteiger partial charge in [-0.25, -0.2) is 0 Å². The zero-order valence-corrected chi connectivity index (χ0v) is 33.2. The number of hydrogen-bond acceptors (Lipinski definition) is 3. The van der Waals surface area contributed by atoms with E-state index in [2.05, 4.69) is 216 Å². The fraction of sp³-hybridized carbons (Fsp3) is 0. The van der Waals surface area contributed by atoms with Gasteiger partial charge in [0.05, 0.1) is 16.7 Å². The van der Waals surface area contributed by atoms with Gasteiger partial charge >= 0.3 is 0 Å². The van der Waals surface area contributed by atoms with Crippen LogP contribution in [-0.4, -0.2) is 4.57 Å². The van der Waals surface area contributed by atoms with Crippen molar-refractivity contribution in [2.75, 3.05) is 4.90 Å². The average molecular weight is 783 g/mol. The molecule has 60 heavy (non-hydrogen) atoms. The first kappa shape index (κ1) is 33.3. The molecule has 0 bridgehead atoms. The fourth-order valence-corrected chi connectivity index (χ4v) is 10.8. The molecule has 0 radical (unpaired) electrons. The number of fused-ring (bicyclic) bond motifs is 12. The number of para-hydroxylation sites is 3. The molecule has 0 aliphatic heterocycles. The monoisotopic (exact) mass is 782 g/mol. The molecule has 3 heterocycles. The van der Waals surface area contributed by atoms with E-state index in [1.807, 2.05) is 11.3 Å². The van der Waals surface area contributed by atoms with E-state index < -0.39 is 0 Å². The number of anilines is 3. The predicted octanol–water partition coefficient (Wildman–Crippen LogP) is 16.5. The highest BCUT2D eigenvalue weighted by Gasteiger charge is 2.24. The number of furan rings is 1. The first-order valence-corrected chi connectivity index (χ1v) is 21.2. The number of aromatic nitrogens is 1. The van der Waals surface area contributed by atoms with Gasteiger partial charge in [-0.1, -0.05) is 127 Å². The van der Waals surface area contributed by atoms with Gasteiger partial charge in [0.2, 0.25) is 0 Å². The topological polar surface area (TPSA) is 21.3 Å². The SMILES string of the molecule is c1ccc(N(c2ccc(-n3c4ccccc4c4c(-c5ccc6sc7ccccc7c6c5)c5c(cc43)oc3ccccc35)cc2)c2cc3ccccc3c3ccccc23)cc1. The Balaban J connectivity index is 1.06. The molecule has 0 unspecified atom stereocenters. The maximum Gasteiger partial charge on any atom is 0.138 e. The second-order valence-electron chi connectivity index (χ2n) is 15.6. The molecule has 280 valence electrons. The molecule has 0 amide bonds. The van der Waals surface area contributed by atoms with Crippen molar-refractivity contribution < 1.29 is 4.42 Å². The quantitative estimate of drug-likeness (QED) is 0.162. The predicted molar refractivity (Wildman–Crippen MR) is 256 cm³/mol. The van der Waals surface area contributed by atoms with E-state index in [4.69, 9.17) is 4.42 Å². The van der Waals surface area contributed by atoms with Crippen molar-refractivity contribution in [1.82, 2.24) is 4.57 Å². The molecule has 0 saturated heterocycles. The van der Waals surface area contributed by atoms with E-state index in [1.165, 1.54) is 63.6 Å². The zero-order valence-electron chi connectivity index (χ0n) is 32.3. The highest BCUT2D eigenvalue weighted by atomic mass is 32.1. The van der Waals surface area contributed by atoms with E-state index in [0.29, 0.717) is 0 Å². The summed E-state index contributed by atoms with van der Waals surface area (Å²) in [5.74, 6) is 0. The molecule has 0 atom stereocenters. The van der Waals surface area contributed by atoms with Crippen molar-refractivity contribution in [3.63, 3.8) is 0 Å². The van der Waals surface area contributed by atoms with Crippen LogP contribution in [0.15, 0.2) is 211 Å². The van der Waals surface area contributed by atoms with Gasteiger partial charge in [-0.3, -0.25) is 0 Å². The van der Waals surface area contributed by atoms with Crippen molar-refractivity contribution in [1.29, 1.82) is 0 Å². The van der Waals surface area contributed by atoms with Crippen molar-refractivity contribution in [3.8, 4) is 16.8 Å². The van der Waals surface area contributed by atoms with Gasteiger partial charge in [-0.2, -0.15) is 0 Å². The van der Waals surface area contributed by atoms with Gasteiger partial charge < -0.3 is 13.9 Å². The fourth-order valence-electron chi connectivity index (χ4n) is 9.76. The number of rotatable bonds is 5. The second kappa shape index (κ2) is 12.9. The molecular weight excluding hydrogens is 749 g/mol. The molecule has 0 aliphatic rings. The van der Waals surface area contributed by atoms with Crippen LogP contribution in [0.1, 0.15) is 0 Å². The number of nitrogens with zero attached hydrogens (tertiary/aromatic N) is 2. The molecule has 10 aromatic carbocycles. The van der Waals surface area contributed by atoms with Crippen molar-refractivity contribution in [2.24, 2.45) is 0 Å². The Kier molecular flexibility index (Phi) is 7.18. The Labute approximate surface area is 349 Å². The van der Waals surface area contributed by atoms with Crippen LogP contribution in [0.4, 0.5) is 17.1 Å². The smallest absolute Gasteiger partial charge is 0.138 e. The van der Waals surface area contributed by atoms with E-state index in [-0.39, 0.29) is 0 Å². The highest BCUT2D eigenvalue weighted by Crippen LogP contribution is 2.48. The van der Waals surface area contributed by atoms with E-state index in [9.17, 15) is 0 Å². The molecule has 0 fully saturated rings. The molecule has 0 N–H and O–H groups in total. The Morgan fingerprint density at radius 2 is 1.05 bits per heavy atom. The second-order valence-corrected chi connectivity index (χ2v) is 16.7. The minimum Gasteiger partial charge on any atom is -0.456 e. The highest BCUT2D eigenvalue weighted by molar-refractivity contribution is 7.25. The molecule has 0 aliphatic carbocycles. The first-order chi connectivity index (χ1) is 29.8. The van der Waals surface area contributed by atoms with Gasteiger partial charge in [0.1, 0.15) is 11.2 Å². The normalized spacial score (nSPS) is 12.0. The average Bonchev–Trinajstić information content (AvgIpc) is 3.98. The first-order valence-electron chi connectivity index (χ1n) is 20.4. The lowest BCUT2D eigenvalue weighted by molar-refractivity contribution is 0.669. The van der Waals surface area contributed by atoms with Gasteiger partial charge in [-0.15, -0.1) is 11.3 Å². The Morgan fingerprint density at radius 3 is 1.90 bits per heavy atom. The Bertz CT molecular complexity index is 3840. The molecule has 3 nitrogen and oxygen atoms in total. The van der Waals surface area contributed by atoms with Crippen molar-refractivity contribution in [3.05, 3.63) is 206 Å². The van der Waals surface area contributed by atoms with Gasteiger partial charge in [-0.05, 0) is 94.5 Å². The summed E-state index contributed by atoms with van der Waals surface area (Å²) < 4.78 is 11.8. The van der Waals surface area contributed by atoms with Crippen molar-refractivity contribution >= 4 is 114 Å². The summed E-state index contributed by atoms with van der Waals surface area (Å²) in [7, 11) is 0. The summed E-state index contributed by atoms with van der Waals surface area (Å²) in [6.45, 7) is 0. The largest absolute Gasteiger partial charge is 0.456 e. The van der Waals surface area contributed by atoms with Crippen LogP contribution in [0.25, 0.3) is 102 Å². The molecule has 4 heteroatoms. The third kappa shape index (κ3) is 4.89. The van der Waals surface area contributed by atoms with Gasteiger partial charge in [0.15, 0.2) is 0 Å². The third-order valence-corrected chi connectivity index (χ3v) is 13.5. The zero-order chi connectivity index (χ0) is 39.3.